The molecular weight excluding hydrogens is 140 g/mol. The van der Waals surface area contributed by atoms with Gasteiger partial charge >= 0.3 is 0 Å². The summed E-state index contributed by atoms with van der Waals surface area (Å²) in [5.41, 5.74) is 0. The summed E-state index contributed by atoms with van der Waals surface area (Å²) < 4.78 is 10.8. The molecule has 1 aliphatic rings. The molecule has 1 unspecified atom stereocenters. The van der Waals surface area contributed by atoms with Crippen molar-refractivity contribution in [3.05, 3.63) is 0 Å². The molecular formula is C9H18O2. The molecule has 0 saturated carbocycles. The van der Waals surface area contributed by atoms with Crippen molar-refractivity contribution in [1.29, 1.82) is 0 Å². The molecule has 1 fully saturated rings. The quantitative estimate of drug-likeness (QED) is 0.624. The van der Waals surface area contributed by atoms with Crippen LogP contribution in [0.25, 0.3) is 0 Å². The van der Waals surface area contributed by atoms with Crippen molar-refractivity contribution in [2.45, 2.75) is 39.4 Å². The van der Waals surface area contributed by atoms with E-state index >= 15 is 0 Å². The van der Waals surface area contributed by atoms with Crippen molar-refractivity contribution in [3.8, 4) is 0 Å². The molecule has 0 aromatic carbocycles. The average molecular weight is 158 g/mol. The van der Waals surface area contributed by atoms with Crippen molar-refractivity contribution in [1.82, 2.24) is 0 Å². The number of ether oxygens (including phenoxy) is 2. The Morgan fingerprint density at radius 2 is 2.36 bits per heavy atom. The molecule has 0 radical (unpaired) electrons. The molecule has 11 heavy (non-hydrogen) atoms. The molecule has 1 rings (SSSR count). The average Bonchev–Trinajstić information content (AvgIpc) is 2.39. The highest BCUT2D eigenvalue weighted by atomic mass is 16.7. The van der Waals surface area contributed by atoms with E-state index in [4.69, 9.17) is 9.47 Å². The predicted octanol–water partition coefficient (Wildman–Crippen LogP) is 2.19. The zero-order valence-corrected chi connectivity index (χ0v) is 7.51. The van der Waals surface area contributed by atoms with E-state index in [0.717, 1.165) is 38.4 Å². The highest BCUT2D eigenvalue weighted by Crippen LogP contribution is 2.13. The minimum Gasteiger partial charge on any atom is -0.353 e. The Bertz CT molecular complexity index is 95.7. The zero-order chi connectivity index (χ0) is 8.10. The molecule has 0 bridgehead atoms. The molecule has 2 nitrogen and oxygen atoms in total. The third kappa shape index (κ3) is 3.73. The smallest absolute Gasteiger partial charge is 0.157 e. The Hall–Kier alpha value is -0.0800. The summed E-state index contributed by atoms with van der Waals surface area (Å²) >= 11 is 0. The van der Waals surface area contributed by atoms with Gasteiger partial charge in [-0.2, -0.15) is 0 Å². The van der Waals surface area contributed by atoms with Gasteiger partial charge < -0.3 is 9.47 Å². The SMILES string of the molecule is CC(C)CCOC1CCCO1. The lowest BCUT2D eigenvalue weighted by Gasteiger charge is -2.11. The molecule has 0 N–H and O–H groups in total. The van der Waals surface area contributed by atoms with Crippen molar-refractivity contribution < 1.29 is 9.47 Å². The molecule has 0 aromatic rings. The maximum absolute atomic E-state index is 5.49. The fraction of sp³-hybridized carbons (Fsp3) is 1.00. The lowest BCUT2D eigenvalue weighted by molar-refractivity contribution is -0.112. The summed E-state index contributed by atoms with van der Waals surface area (Å²) in [6, 6.07) is 0. The van der Waals surface area contributed by atoms with Crippen LogP contribution in [0.3, 0.4) is 0 Å². The summed E-state index contributed by atoms with van der Waals surface area (Å²) in [4.78, 5) is 0. The number of hydrogen-bond donors (Lipinski definition) is 0. The second kappa shape index (κ2) is 4.73. The van der Waals surface area contributed by atoms with Gasteiger partial charge in [0.05, 0.1) is 0 Å². The Morgan fingerprint density at radius 3 is 2.91 bits per heavy atom. The molecule has 0 amide bonds. The van der Waals surface area contributed by atoms with Crippen LogP contribution in [0.1, 0.15) is 33.1 Å². The lowest BCUT2D eigenvalue weighted by atomic mass is 10.1. The number of rotatable bonds is 4. The summed E-state index contributed by atoms with van der Waals surface area (Å²) in [6.45, 7) is 6.15. The highest BCUT2D eigenvalue weighted by molar-refractivity contribution is 4.54. The maximum Gasteiger partial charge on any atom is 0.157 e. The Morgan fingerprint density at radius 1 is 1.55 bits per heavy atom. The normalized spacial score (nSPS) is 24.8. The summed E-state index contributed by atoms with van der Waals surface area (Å²) in [5, 5.41) is 0. The van der Waals surface area contributed by atoms with E-state index in [1.54, 1.807) is 0 Å². The second-order valence-electron chi connectivity index (χ2n) is 3.50. The minimum absolute atomic E-state index is 0.105. The first kappa shape index (κ1) is 9.01. The second-order valence-corrected chi connectivity index (χ2v) is 3.50. The van der Waals surface area contributed by atoms with Gasteiger partial charge in [-0.25, -0.2) is 0 Å². The molecule has 2 heteroatoms. The lowest BCUT2D eigenvalue weighted by Crippen LogP contribution is -2.12. The Kier molecular flexibility index (Phi) is 3.87. The molecule has 1 atom stereocenters. The predicted molar refractivity (Wildman–Crippen MR) is 44.4 cm³/mol. The van der Waals surface area contributed by atoms with Crippen LogP contribution >= 0.6 is 0 Å². The first-order chi connectivity index (χ1) is 5.29. The van der Waals surface area contributed by atoms with E-state index in [2.05, 4.69) is 13.8 Å². The van der Waals surface area contributed by atoms with E-state index < -0.39 is 0 Å². The van der Waals surface area contributed by atoms with Gasteiger partial charge in [-0.1, -0.05) is 13.8 Å². The van der Waals surface area contributed by atoms with Crippen molar-refractivity contribution in [2.24, 2.45) is 5.92 Å². The molecule has 0 aromatic heterocycles. The first-order valence-corrected chi connectivity index (χ1v) is 4.52. The van der Waals surface area contributed by atoms with E-state index in [1.807, 2.05) is 0 Å². The Balaban J connectivity index is 1.94. The van der Waals surface area contributed by atoms with Crippen LogP contribution in [0, 0.1) is 5.92 Å². The van der Waals surface area contributed by atoms with Gasteiger partial charge in [0, 0.05) is 19.6 Å². The van der Waals surface area contributed by atoms with Gasteiger partial charge in [-0.3, -0.25) is 0 Å². The zero-order valence-electron chi connectivity index (χ0n) is 7.51. The van der Waals surface area contributed by atoms with Crippen molar-refractivity contribution in [2.75, 3.05) is 13.2 Å². The van der Waals surface area contributed by atoms with E-state index in [0.29, 0.717) is 0 Å². The van der Waals surface area contributed by atoms with Crippen LogP contribution in [-0.4, -0.2) is 19.5 Å². The monoisotopic (exact) mass is 158 g/mol. The third-order valence-electron chi connectivity index (χ3n) is 1.89. The van der Waals surface area contributed by atoms with Gasteiger partial charge in [-0.15, -0.1) is 0 Å². The van der Waals surface area contributed by atoms with Crippen molar-refractivity contribution >= 4 is 0 Å². The van der Waals surface area contributed by atoms with Crippen LogP contribution < -0.4 is 0 Å². The van der Waals surface area contributed by atoms with Gasteiger partial charge in [0.1, 0.15) is 0 Å². The van der Waals surface area contributed by atoms with Gasteiger partial charge in [0.15, 0.2) is 6.29 Å². The van der Waals surface area contributed by atoms with Crippen LogP contribution in [0.4, 0.5) is 0 Å². The molecule has 1 heterocycles. The maximum atomic E-state index is 5.49. The van der Waals surface area contributed by atoms with E-state index in [-0.39, 0.29) is 6.29 Å². The molecule has 0 spiro atoms. The van der Waals surface area contributed by atoms with Gasteiger partial charge in [0.2, 0.25) is 0 Å². The van der Waals surface area contributed by atoms with Crippen LogP contribution in [-0.2, 0) is 9.47 Å². The Labute approximate surface area is 68.9 Å². The topological polar surface area (TPSA) is 18.5 Å². The minimum atomic E-state index is 0.105. The van der Waals surface area contributed by atoms with Crippen LogP contribution in [0.15, 0.2) is 0 Å². The summed E-state index contributed by atoms with van der Waals surface area (Å²) in [5.74, 6) is 0.733. The summed E-state index contributed by atoms with van der Waals surface area (Å²) in [7, 11) is 0. The molecule has 1 aliphatic heterocycles. The molecule has 66 valence electrons. The van der Waals surface area contributed by atoms with Crippen LogP contribution in [0.2, 0.25) is 0 Å². The fourth-order valence-electron chi connectivity index (χ4n) is 1.11. The molecule has 1 saturated heterocycles. The van der Waals surface area contributed by atoms with Gasteiger partial charge in [-0.05, 0) is 18.8 Å². The largest absolute Gasteiger partial charge is 0.353 e. The molecule has 0 aliphatic carbocycles. The third-order valence-corrected chi connectivity index (χ3v) is 1.89. The van der Waals surface area contributed by atoms with Crippen molar-refractivity contribution in [3.63, 3.8) is 0 Å². The van der Waals surface area contributed by atoms with Crippen LogP contribution in [0.5, 0.6) is 0 Å². The first-order valence-electron chi connectivity index (χ1n) is 4.52. The number of hydrogen-bond acceptors (Lipinski definition) is 2. The van der Waals surface area contributed by atoms with E-state index in [1.165, 1.54) is 0 Å². The fourth-order valence-corrected chi connectivity index (χ4v) is 1.11. The van der Waals surface area contributed by atoms with E-state index in [9.17, 15) is 0 Å². The van der Waals surface area contributed by atoms with Gasteiger partial charge in [0.25, 0.3) is 0 Å². The highest BCUT2D eigenvalue weighted by Gasteiger charge is 2.14. The summed E-state index contributed by atoms with van der Waals surface area (Å²) in [6.07, 6.45) is 3.48. The standard InChI is InChI=1S/C9H18O2/c1-8(2)5-7-11-9-4-3-6-10-9/h8-9H,3-7H2,1-2H3.